The maximum Gasteiger partial charge on any atom is 0.187 e. The molecule has 0 aromatic heterocycles. The Morgan fingerprint density at radius 3 is 1.87 bits per heavy atom. The highest BCUT2D eigenvalue weighted by molar-refractivity contribution is 4.94. The second-order valence-corrected chi connectivity index (χ2v) is 5.84. The average Bonchev–Trinajstić information content (AvgIpc) is 2.54. The van der Waals surface area contributed by atoms with E-state index in [-0.39, 0.29) is 0 Å². The molecule has 0 radical (unpaired) electrons. The summed E-state index contributed by atoms with van der Waals surface area (Å²) < 4.78 is 15.8. The van der Waals surface area contributed by atoms with Gasteiger partial charge in [0.1, 0.15) is 48.8 Å². The van der Waals surface area contributed by atoms with Gasteiger partial charge in [-0.2, -0.15) is 0 Å². The predicted octanol–water partition coefficient (Wildman–Crippen LogP) is -4.33. The summed E-state index contributed by atoms with van der Waals surface area (Å²) in [6.45, 7) is 0.384. The molecule has 23 heavy (non-hydrogen) atoms. The lowest BCUT2D eigenvalue weighted by atomic mass is 9.95. The van der Waals surface area contributed by atoms with Crippen LogP contribution in [-0.2, 0) is 14.2 Å². The van der Waals surface area contributed by atoms with Crippen molar-refractivity contribution in [3.05, 3.63) is 0 Å². The average molecular weight is 340 g/mol. The van der Waals surface area contributed by atoms with Crippen LogP contribution in [-0.4, -0.2) is 110 Å². The zero-order chi connectivity index (χ0) is 17.3. The number of hydrogen-bond acceptors (Lipinski definition) is 10. The topological polar surface area (TPSA) is 169 Å². The fraction of sp³-hybridized carbons (Fsp3) is 1.00. The van der Waals surface area contributed by atoms with Crippen molar-refractivity contribution in [2.75, 3.05) is 13.2 Å². The second kappa shape index (κ2) is 7.66. The largest absolute Gasteiger partial charge is 0.394 e. The van der Waals surface area contributed by atoms with Crippen molar-refractivity contribution in [2.24, 2.45) is 0 Å². The minimum atomic E-state index is -1.65. The molecule has 136 valence electrons. The molecule has 0 aromatic rings. The van der Waals surface area contributed by atoms with Crippen molar-refractivity contribution < 1.29 is 50.0 Å². The fourth-order valence-corrected chi connectivity index (χ4v) is 2.76. The predicted molar refractivity (Wildman–Crippen MR) is 72.1 cm³/mol. The van der Waals surface area contributed by atoms with Crippen molar-refractivity contribution in [1.29, 1.82) is 0 Å². The monoisotopic (exact) mass is 340 g/mol. The Morgan fingerprint density at radius 2 is 1.30 bits per heavy atom. The summed E-state index contributed by atoms with van der Waals surface area (Å²) in [7, 11) is 0. The zero-order valence-corrected chi connectivity index (χ0v) is 12.5. The smallest absolute Gasteiger partial charge is 0.187 e. The highest BCUT2D eigenvalue weighted by Crippen LogP contribution is 2.28. The van der Waals surface area contributed by atoms with Gasteiger partial charge >= 0.3 is 0 Å². The molecule has 2 fully saturated rings. The molecule has 6 unspecified atom stereocenters. The number of ether oxygens (including phenoxy) is 3. The van der Waals surface area contributed by atoms with Crippen molar-refractivity contribution >= 4 is 0 Å². The zero-order valence-electron chi connectivity index (χ0n) is 12.5. The third-order valence-corrected chi connectivity index (χ3v) is 4.24. The number of hydrogen-bond donors (Lipinski definition) is 7. The summed E-state index contributed by atoms with van der Waals surface area (Å²) in [6, 6.07) is 0. The summed E-state index contributed by atoms with van der Waals surface area (Å²) in [5.41, 5.74) is 0. The van der Waals surface area contributed by atoms with Gasteiger partial charge in [-0.05, 0) is 6.92 Å². The Kier molecular flexibility index (Phi) is 6.30. The van der Waals surface area contributed by atoms with Gasteiger partial charge in [0.25, 0.3) is 0 Å². The molecule has 2 aliphatic heterocycles. The van der Waals surface area contributed by atoms with Gasteiger partial charge in [0, 0.05) is 0 Å². The summed E-state index contributed by atoms with van der Waals surface area (Å²) >= 11 is 0. The Bertz CT molecular complexity index is 380. The van der Waals surface area contributed by atoms with E-state index < -0.39 is 74.4 Å². The van der Waals surface area contributed by atoms with Gasteiger partial charge in [-0.25, -0.2) is 0 Å². The fourth-order valence-electron chi connectivity index (χ4n) is 2.76. The van der Waals surface area contributed by atoms with E-state index in [0.717, 1.165) is 0 Å². The van der Waals surface area contributed by atoms with Gasteiger partial charge < -0.3 is 50.0 Å². The molecule has 0 bridgehead atoms. The molecule has 2 saturated heterocycles. The van der Waals surface area contributed by atoms with Crippen LogP contribution in [0, 0.1) is 0 Å². The number of rotatable bonds is 4. The van der Waals surface area contributed by atoms with Crippen LogP contribution >= 0.6 is 0 Å². The third kappa shape index (κ3) is 3.66. The number of aliphatic hydroxyl groups excluding tert-OH is 7. The molecule has 0 spiro atoms. The van der Waals surface area contributed by atoms with Crippen LogP contribution < -0.4 is 0 Å². The van der Waals surface area contributed by atoms with E-state index in [9.17, 15) is 30.6 Å². The standard InChI is InChI=1S/C13H24O10/c1-4-7(16)12(9(18)6(3-15)21-4)23-13-11(20)10(19)8(17)5(2-14)22-13/h4-20H,2-3H2,1H3/t4-,5?,6?,7?,8-,9-,10?,11?,12?,13+/m0/s1. The van der Waals surface area contributed by atoms with Crippen LogP contribution in [0.3, 0.4) is 0 Å². The molecular weight excluding hydrogens is 316 g/mol. The molecule has 0 amide bonds. The summed E-state index contributed by atoms with van der Waals surface area (Å²) in [5.74, 6) is 0. The number of aliphatic hydroxyl groups is 7. The highest BCUT2D eigenvalue weighted by Gasteiger charge is 2.49. The maximum absolute atomic E-state index is 10.1. The molecule has 10 nitrogen and oxygen atoms in total. The van der Waals surface area contributed by atoms with Crippen LogP contribution in [0.25, 0.3) is 0 Å². The van der Waals surface area contributed by atoms with Gasteiger partial charge in [0.05, 0.1) is 19.3 Å². The Balaban J connectivity index is 2.11. The first-order chi connectivity index (χ1) is 10.8. The van der Waals surface area contributed by atoms with Crippen molar-refractivity contribution in [1.82, 2.24) is 0 Å². The van der Waals surface area contributed by atoms with E-state index in [1.807, 2.05) is 0 Å². The molecule has 7 N–H and O–H groups in total. The lowest BCUT2D eigenvalue weighted by Gasteiger charge is -2.45. The van der Waals surface area contributed by atoms with Crippen LogP contribution in [0.1, 0.15) is 6.92 Å². The first kappa shape index (κ1) is 18.9. The lowest BCUT2D eigenvalue weighted by Crippen LogP contribution is -2.64. The van der Waals surface area contributed by atoms with E-state index in [0.29, 0.717) is 0 Å². The van der Waals surface area contributed by atoms with E-state index in [1.54, 1.807) is 0 Å². The SMILES string of the molecule is C[C@@H]1OC(CO)[C@H](O)C(O[C@H]2OC(CO)[C@H](O)C(O)C2O)C1O. The van der Waals surface area contributed by atoms with E-state index in [2.05, 4.69) is 0 Å². The van der Waals surface area contributed by atoms with E-state index >= 15 is 0 Å². The maximum atomic E-state index is 10.1. The normalized spacial score (nSPS) is 51.7. The molecule has 2 rings (SSSR count). The molecule has 0 saturated carbocycles. The van der Waals surface area contributed by atoms with Crippen molar-refractivity contribution in [3.8, 4) is 0 Å². The van der Waals surface area contributed by atoms with Gasteiger partial charge in [0.15, 0.2) is 6.29 Å². The van der Waals surface area contributed by atoms with Gasteiger partial charge in [-0.1, -0.05) is 0 Å². The van der Waals surface area contributed by atoms with Crippen LogP contribution in [0.2, 0.25) is 0 Å². The highest BCUT2D eigenvalue weighted by atomic mass is 16.7. The van der Waals surface area contributed by atoms with Crippen LogP contribution in [0.15, 0.2) is 0 Å². The van der Waals surface area contributed by atoms with Gasteiger partial charge in [0.2, 0.25) is 0 Å². The Labute approximate surface area is 132 Å². The summed E-state index contributed by atoms with van der Waals surface area (Å²) in [5, 5.41) is 67.9. The summed E-state index contributed by atoms with van der Waals surface area (Å²) in [4.78, 5) is 0. The first-order valence-corrected chi connectivity index (χ1v) is 7.40. The molecule has 2 heterocycles. The molecule has 10 atom stereocenters. The molecular formula is C13H24O10. The Hall–Kier alpha value is -0.400. The van der Waals surface area contributed by atoms with E-state index in [1.165, 1.54) is 6.92 Å². The molecule has 0 aliphatic carbocycles. The van der Waals surface area contributed by atoms with Crippen molar-refractivity contribution in [2.45, 2.75) is 68.1 Å². The summed E-state index contributed by atoms with van der Waals surface area (Å²) in [6.07, 6.45) is -13.2. The Morgan fingerprint density at radius 1 is 0.739 bits per heavy atom. The molecule has 10 heteroatoms. The lowest BCUT2D eigenvalue weighted by molar-refractivity contribution is -0.340. The van der Waals surface area contributed by atoms with Gasteiger partial charge in [-0.15, -0.1) is 0 Å². The first-order valence-electron chi connectivity index (χ1n) is 7.40. The van der Waals surface area contributed by atoms with Crippen LogP contribution in [0.4, 0.5) is 0 Å². The van der Waals surface area contributed by atoms with Gasteiger partial charge in [-0.3, -0.25) is 0 Å². The quantitative estimate of drug-likeness (QED) is 0.265. The van der Waals surface area contributed by atoms with Crippen LogP contribution in [0.5, 0.6) is 0 Å². The minimum Gasteiger partial charge on any atom is -0.394 e. The van der Waals surface area contributed by atoms with E-state index in [4.69, 9.17) is 19.3 Å². The molecule has 2 aliphatic rings. The second-order valence-electron chi connectivity index (χ2n) is 5.84. The molecule has 0 aromatic carbocycles. The minimum absolute atomic E-state index is 0.507. The van der Waals surface area contributed by atoms with Crippen molar-refractivity contribution in [3.63, 3.8) is 0 Å². The third-order valence-electron chi connectivity index (χ3n) is 4.24.